The Kier molecular flexibility index (Phi) is 4.67. The third kappa shape index (κ3) is 3.67. The number of aromatic nitrogens is 4. The van der Waals surface area contributed by atoms with E-state index in [1.165, 1.54) is 0 Å². The number of carbonyl (C=O) groups is 1. The van der Waals surface area contributed by atoms with Gasteiger partial charge >= 0.3 is 0 Å². The second kappa shape index (κ2) is 7.09. The van der Waals surface area contributed by atoms with Gasteiger partial charge in [0, 0.05) is 26.2 Å². The van der Waals surface area contributed by atoms with E-state index in [0.717, 1.165) is 51.3 Å². The first-order valence-electron chi connectivity index (χ1n) is 8.75. The highest BCUT2D eigenvalue weighted by atomic mass is 35.5. The van der Waals surface area contributed by atoms with Gasteiger partial charge in [0.05, 0.1) is 23.2 Å². The summed E-state index contributed by atoms with van der Waals surface area (Å²) < 4.78 is 1.96. The molecule has 132 valence electrons. The smallest absolute Gasteiger partial charge is 0.255 e. The fraction of sp³-hybridized carbons (Fsp3) is 0.529. The van der Waals surface area contributed by atoms with E-state index in [9.17, 15) is 4.79 Å². The number of hydrogen-bond acceptors (Lipinski definition) is 5. The fourth-order valence-electron chi connectivity index (χ4n) is 3.26. The van der Waals surface area contributed by atoms with Crippen LogP contribution in [0.2, 0.25) is 5.02 Å². The number of hydrogen-bond donors (Lipinski definition) is 0. The first-order valence-corrected chi connectivity index (χ1v) is 9.13. The molecule has 1 aliphatic heterocycles. The number of tetrazole rings is 1. The topological polar surface area (TPSA) is 67.2 Å². The Hall–Kier alpha value is -1.99. The van der Waals surface area contributed by atoms with Gasteiger partial charge < -0.3 is 4.90 Å². The summed E-state index contributed by atoms with van der Waals surface area (Å²) in [5.74, 6) is 0.934. The summed E-state index contributed by atoms with van der Waals surface area (Å²) in [6.45, 7) is 3.92. The molecule has 1 amide bonds. The quantitative estimate of drug-likeness (QED) is 0.834. The van der Waals surface area contributed by atoms with Crippen molar-refractivity contribution in [2.75, 3.05) is 26.2 Å². The number of carbonyl (C=O) groups excluding carboxylic acids is 1. The van der Waals surface area contributed by atoms with E-state index in [1.54, 1.807) is 12.1 Å². The van der Waals surface area contributed by atoms with Crippen molar-refractivity contribution in [2.24, 2.45) is 0 Å². The van der Waals surface area contributed by atoms with Gasteiger partial charge in [0.15, 0.2) is 5.82 Å². The van der Waals surface area contributed by atoms with Crippen molar-refractivity contribution in [3.05, 3.63) is 40.7 Å². The Morgan fingerprint density at radius 1 is 1.16 bits per heavy atom. The van der Waals surface area contributed by atoms with E-state index in [1.807, 2.05) is 21.7 Å². The van der Waals surface area contributed by atoms with Crippen molar-refractivity contribution in [1.29, 1.82) is 0 Å². The summed E-state index contributed by atoms with van der Waals surface area (Å²) in [4.78, 5) is 17.0. The van der Waals surface area contributed by atoms with Crippen molar-refractivity contribution in [1.82, 2.24) is 30.0 Å². The normalized spacial score (nSPS) is 19.0. The van der Waals surface area contributed by atoms with Gasteiger partial charge in [-0.3, -0.25) is 9.69 Å². The number of benzene rings is 1. The van der Waals surface area contributed by atoms with E-state index in [-0.39, 0.29) is 5.91 Å². The van der Waals surface area contributed by atoms with Gasteiger partial charge in [-0.1, -0.05) is 23.7 Å². The van der Waals surface area contributed by atoms with Crippen LogP contribution < -0.4 is 0 Å². The zero-order valence-electron chi connectivity index (χ0n) is 14.0. The van der Waals surface area contributed by atoms with Crippen molar-refractivity contribution in [3.63, 3.8) is 0 Å². The molecule has 0 spiro atoms. The standard InChI is InChI=1S/C17H21ClN6O/c18-15-5-2-1-4-14(15)17(25)23-9-3-8-22(10-11-23)12-16-19-20-21-24(16)13-6-7-13/h1-2,4-5,13H,3,6-12H2. The van der Waals surface area contributed by atoms with Crippen LogP contribution in [-0.4, -0.2) is 62.1 Å². The maximum absolute atomic E-state index is 12.7. The zero-order valence-corrected chi connectivity index (χ0v) is 14.8. The summed E-state index contributed by atoms with van der Waals surface area (Å²) >= 11 is 6.17. The Labute approximate surface area is 151 Å². The first-order chi connectivity index (χ1) is 12.2. The summed E-state index contributed by atoms with van der Waals surface area (Å²) in [6.07, 6.45) is 3.26. The maximum atomic E-state index is 12.7. The molecular weight excluding hydrogens is 340 g/mol. The van der Waals surface area contributed by atoms with Crippen LogP contribution in [0.4, 0.5) is 0 Å². The van der Waals surface area contributed by atoms with Gasteiger partial charge in [0.2, 0.25) is 0 Å². The molecule has 1 saturated carbocycles. The Bertz CT molecular complexity index is 759. The summed E-state index contributed by atoms with van der Waals surface area (Å²) in [7, 11) is 0. The molecule has 0 atom stereocenters. The average molecular weight is 361 g/mol. The molecular formula is C17H21ClN6O. The van der Waals surface area contributed by atoms with Gasteiger partial charge in [-0.15, -0.1) is 5.10 Å². The lowest BCUT2D eigenvalue weighted by Crippen LogP contribution is -2.35. The largest absolute Gasteiger partial charge is 0.337 e. The Morgan fingerprint density at radius 3 is 2.80 bits per heavy atom. The Balaban J connectivity index is 1.39. The van der Waals surface area contributed by atoms with E-state index in [0.29, 0.717) is 23.2 Å². The molecule has 1 aromatic heterocycles. The molecule has 7 nitrogen and oxygen atoms in total. The number of nitrogens with zero attached hydrogens (tertiary/aromatic N) is 6. The molecule has 2 heterocycles. The van der Waals surface area contributed by atoms with Crippen molar-refractivity contribution >= 4 is 17.5 Å². The monoisotopic (exact) mass is 360 g/mol. The highest BCUT2D eigenvalue weighted by Gasteiger charge is 2.29. The number of rotatable bonds is 4. The van der Waals surface area contributed by atoms with Gasteiger partial charge in [-0.25, -0.2) is 4.68 Å². The first kappa shape index (κ1) is 16.5. The molecule has 2 aliphatic rings. The third-order valence-corrected chi connectivity index (χ3v) is 5.13. The van der Waals surface area contributed by atoms with Crippen LogP contribution in [0.1, 0.15) is 41.5 Å². The average Bonchev–Trinajstić information content (AvgIpc) is 3.40. The van der Waals surface area contributed by atoms with E-state index < -0.39 is 0 Å². The minimum absolute atomic E-state index is 0.00950. The van der Waals surface area contributed by atoms with Crippen LogP contribution >= 0.6 is 11.6 Å². The lowest BCUT2D eigenvalue weighted by molar-refractivity contribution is 0.0761. The summed E-state index contributed by atoms with van der Waals surface area (Å²) in [6, 6.07) is 7.72. The van der Waals surface area contributed by atoms with E-state index >= 15 is 0 Å². The molecule has 0 bridgehead atoms. The second-order valence-corrected chi connectivity index (χ2v) is 7.08. The van der Waals surface area contributed by atoms with Crippen LogP contribution in [0.15, 0.2) is 24.3 Å². The van der Waals surface area contributed by atoms with Gasteiger partial charge in [0.25, 0.3) is 5.91 Å². The molecule has 1 aromatic carbocycles. The highest BCUT2D eigenvalue weighted by Crippen LogP contribution is 2.34. The van der Waals surface area contributed by atoms with Crippen LogP contribution in [0, 0.1) is 0 Å². The molecule has 8 heteroatoms. The van der Waals surface area contributed by atoms with Crippen LogP contribution in [0.5, 0.6) is 0 Å². The molecule has 2 fully saturated rings. The minimum Gasteiger partial charge on any atom is -0.337 e. The van der Waals surface area contributed by atoms with Gasteiger partial charge in [-0.2, -0.15) is 0 Å². The predicted molar refractivity (Wildman–Crippen MR) is 93.3 cm³/mol. The van der Waals surface area contributed by atoms with Gasteiger partial charge in [-0.05, 0) is 41.8 Å². The molecule has 4 rings (SSSR count). The second-order valence-electron chi connectivity index (χ2n) is 6.67. The lowest BCUT2D eigenvalue weighted by Gasteiger charge is -2.22. The molecule has 1 aliphatic carbocycles. The minimum atomic E-state index is 0.00950. The van der Waals surface area contributed by atoms with Crippen molar-refractivity contribution in [3.8, 4) is 0 Å². The van der Waals surface area contributed by atoms with Crippen LogP contribution in [-0.2, 0) is 6.54 Å². The molecule has 25 heavy (non-hydrogen) atoms. The zero-order chi connectivity index (χ0) is 17.2. The van der Waals surface area contributed by atoms with Gasteiger partial charge in [0.1, 0.15) is 0 Å². The predicted octanol–water partition coefficient (Wildman–Crippen LogP) is 2.01. The summed E-state index contributed by atoms with van der Waals surface area (Å²) in [5, 5.41) is 12.6. The molecule has 0 N–H and O–H groups in total. The molecule has 2 aromatic rings. The number of amides is 1. The SMILES string of the molecule is O=C(c1ccccc1Cl)N1CCCN(Cc2nnnn2C2CC2)CC1. The summed E-state index contributed by atoms with van der Waals surface area (Å²) in [5.41, 5.74) is 0.579. The molecule has 0 radical (unpaired) electrons. The van der Waals surface area contributed by atoms with Crippen molar-refractivity contribution in [2.45, 2.75) is 31.8 Å². The fourth-order valence-corrected chi connectivity index (χ4v) is 3.47. The number of halogens is 1. The lowest BCUT2D eigenvalue weighted by atomic mass is 10.2. The maximum Gasteiger partial charge on any atom is 0.255 e. The van der Waals surface area contributed by atoms with Crippen LogP contribution in [0.3, 0.4) is 0 Å². The third-order valence-electron chi connectivity index (χ3n) is 4.80. The highest BCUT2D eigenvalue weighted by molar-refractivity contribution is 6.33. The Morgan fingerprint density at radius 2 is 2.00 bits per heavy atom. The molecule has 1 saturated heterocycles. The van der Waals surface area contributed by atoms with Crippen molar-refractivity contribution < 1.29 is 4.79 Å². The molecule has 0 unspecified atom stereocenters. The van der Waals surface area contributed by atoms with Crippen LogP contribution in [0.25, 0.3) is 0 Å². The van der Waals surface area contributed by atoms with E-state index in [4.69, 9.17) is 11.6 Å². The van der Waals surface area contributed by atoms with E-state index in [2.05, 4.69) is 20.4 Å².